The lowest BCUT2D eigenvalue weighted by molar-refractivity contribution is -0.124. The van der Waals surface area contributed by atoms with Gasteiger partial charge in [0.05, 0.1) is 17.2 Å². The third kappa shape index (κ3) is 2.87. The third-order valence-electron chi connectivity index (χ3n) is 3.65. The molecule has 0 radical (unpaired) electrons. The molecule has 1 fully saturated rings. The number of hydrogen-bond donors (Lipinski definition) is 1. The van der Waals surface area contributed by atoms with Gasteiger partial charge in [0.2, 0.25) is 5.91 Å². The van der Waals surface area contributed by atoms with E-state index in [0.29, 0.717) is 12.1 Å². The normalized spacial score (nSPS) is 18.8. The van der Waals surface area contributed by atoms with Gasteiger partial charge >= 0.3 is 0 Å². The van der Waals surface area contributed by atoms with E-state index in [0.717, 1.165) is 30.6 Å². The van der Waals surface area contributed by atoms with Gasteiger partial charge in [0, 0.05) is 20.1 Å². The van der Waals surface area contributed by atoms with Crippen LogP contribution < -0.4 is 10.2 Å². The van der Waals surface area contributed by atoms with Crippen molar-refractivity contribution in [3.8, 4) is 6.07 Å². The van der Waals surface area contributed by atoms with Crippen molar-refractivity contribution >= 4 is 11.6 Å². The smallest absolute Gasteiger partial charge is 0.224 e. The number of nitriles is 1. The van der Waals surface area contributed by atoms with Gasteiger partial charge in [0.1, 0.15) is 6.07 Å². The lowest BCUT2D eigenvalue weighted by Gasteiger charge is -2.34. The number of nitrogens with one attached hydrogen (secondary N) is 1. The van der Waals surface area contributed by atoms with Gasteiger partial charge in [-0.3, -0.25) is 4.79 Å². The molecule has 1 aromatic rings. The molecular formula is C15H19N3O. The first kappa shape index (κ1) is 13.4. The number of rotatable bonds is 2. The van der Waals surface area contributed by atoms with Crippen LogP contribution in [0.2, 0.25) is 0 Å². The summed E-state index contributed by atoms with van der Waals surface area (Å²) in [6.07, 6.45) is 1.90. The number of anilines is 1. The highest BCUT2D eigenvalue weighted by Gasteiger charge is 2.26. The van der Waals surface area contributed by atoms with Crippen LogP contribution in [0.25, 0.3) is 0 Å². The fourth-order valence-corrected chi connectivity index (χ4v) is 2.63. The summed E-state index contributed by atoms with van der Waals surface area (Å²) < 4.78 is 0. The molecule has 4 heteroatoms. The minimum atomic E-state index is 0.0200. The second-order valence-corrected chi connectivity index (χ2v) is 5.03. The van der Waals surface area contributed by atoms with Crippen LogP contribution in [0.1, 0.15) is 24.0 Å². The molecule has 1 N–H and O–H groups in total. The zero-order valence-electron chi connectivity index (χ0n) is 11.4. The van der Waals surface area contributed by atoms with Gasteiger partial charge in [-0.05, 0) is 37.5 Å². The first-order chi connectivity index (χ1) is 9.15. The minimum Gasteiger partial charge on any atom is -0.370 e. The summed E-state index contributed by atoms with van der Waals surface area (Å²) >= 11 is 0. The first-order valence-corrected chi connectivity index (χ1v) is 6.63. The number of nitrogens with zero attached hydrogens (tertiary/aromatic N) is 2. The molecule has 0 aliphatic carbocycles. The Bertz CT molecular complexity index is 519. The zero-order chi connectivity index (χ0) is 13.8. The van der Waals surface area contributed by atoms with Crippen molar-refractivity contribution < 1.29 is 4.79 Å². The SMILES string of the molecule is CNC(=O)C1CCCN(c2ccc(C)cc2C#N)C1. The molecular weight excluding hydrogens is 238 g/mol. The Balaban J connectivity index is 2.22. The van der Waals surface area contributed by atoms with E-state index >= 15 is 0 Å². The highest BCUT2D eigenvalue weighted by molar-refractivity contribution is 5.79. The average molecular weight is 257 g/mol. The monoisotopic (exact) mass is 257 g/mol. The molecule has 19 heavy (non-hydrogen) atoms. The summed E-state index contributed by atoms with van der Waals surface area (Å²) in [5.74, 6) is 0.113. The second-order valence-electron chi connectivity index (χ2n) is 5.03. The van der Waals surface area contributed by atoms with Crippen molar-refractivity contribution in [3.63, 3.8) is 0 Å². The standard InChI is InChI=1S/C15H19N3O/c1-11-5-6-14(13(8-11)9-16)18-7-3-4-12(10-18)15(19)17-2/h5-6,8,12H,3-4,7,10H2,1-2H3,(H,17,19). The Kier molecular flexibility index (Phi) is 4.06. The maximum atomic E-state index is 11.7. The van der Waals surface area contributed by atoms with Gasteiger partial charge in [-0.1, -0.05) is 6.07 Å². The van der Waals surface area contributed by atoms with Gasteiger partial charge in [-0.2, -0.15) is 5.26 Å². The number of benzene rings is 1. The predicted octanol–water partition coefficient (Wildman–Crippen LogP) is 1.83. The Morgan fingerprint density at radius 1 is 1.53 bits per heavy atom. The van der Waals surface area contributed by atoms with E-state index in [-0.39, 0.29) is 11.8 Å². The van der Waals surface area contributed by atoms with Gasteiger partial charge in [-0.25, -0.2) is 0 Å². The zero-order valence-corrected chi connectivity index (χ0v) is 11.4. The van der Waals surface area contributed by atoms with Crippen molar-refractivity contribution in [1.29, 1.82) is 5.26 Å². The van der Waals surface area contributed by atoms with Crippen LogP contribution in [0.15, 0.2) is 18.2 Å². The van der Waals surface area contributed by atoms with E-state index in [1.54, 1.807) is 7.05 Å². The molecule has 1 aromatic carbocycles. The van der Waals surface area contributed by atoms with E-state index in [1.165, 1.54) is 0 Å². The van der Waals surface area contributed by atoms with Crippen molar-refractivity contribution in [1.82, 2.24) is 5.32 Å². The lowest BCUT2D eigenvalue weighted by Crippen LogP contribution is -2.42. The third-order valence-corrected chi connectivity index (χ3v) is 3.65. The molecule has 1 aliphatic rings. The predicted molar refractivity (Wildman–Crippen MR) is 74.9 cm³/mol. The number of piperidine rings is 1. The van der Waals surface area contributed by atoms with Crippen molar-refractivity contribution in [2.24, 2.45) is 5.92 Å². The molecule has 1 saturated heterocycles. The van der Waals surface area contributed by atoms with E-state index in [9.17, 15) is 10.1 Å². The highest BCUT2D eigenvalue weighted by Crippen LogP contribution is 2.26. The van der Waals surface area contributed by atoms with Crippen LogP contribution in [0.4, 0.5) is 5.69 Å². The number of hydrogen-bond acceptors (Lipinski definition) is 3. The maximum absolute atomic E-state index is 11.7. The van der Waals surface area contributed by atoms with E-state index < -0.39 is 0 Å². The number of carbonyl (C=O) groups excluding carboxylic acids is 1. The van der Waals surface area contributed by atoms with E-state index in [4.69, 9.17) is 0 Å². The fraction of sp³-hybridized carbons (Fsp3) is 0.467. The first-order valence-electron chi connectivity index (χ1n) is 6.63. The minimum absolute atomic E-state index is 0.0200. The molecule has 1 aliphatic heterocycles. The summed E-state index contributed by atoms with van der Waals surface area (Å²) in [7, 11) is 1.67. The Labute approximate surface area is 114 Å². The Hall–Kier alpha value is -2.02. The van der Waals surface area contributed by atoms with Crippen molar-refractivity contribution in [2.75, 3.05) is 25.0 Å². The number of amides is 1. The van der Waals surface area contributed by atoms with Gasteiger partial charge in [0.25, 0.3) is 0 Å². The van der Waals surface area contributed by atoms with Crippen LogP contribution >= 0.6 is 0 Å². The van der Waals surface area contributed by atoms with Crippen LogP contribution in [-0.2, 0) is 4.79 Å². The van der Waals surface area contributed by atoms with Crippen LogP contribution in [0.3, 0.4) is 0 Å². The lowest BCUT2D eigenvalue weighted by atomic mass is 9.96. The molecule has 4 nitrogen and oxygen atoms in total. The Morgan fingerprint density at radius 3 is 3.00 bits per heavy atom. The van der Waals surface area contributed by atoms with Crippen LogP contribution in [0.5, 0.6) is 0 Å². The average Bonchev–Trinajstić information content (AvgIpc) is 2.46. The summed E-state index contributed by atoms with van der Waals surface area (Å²) in [5, 5.41) is 12.0. The summed E-state index contributed by atoms with van der Waals surface area (Å²) in [5.41, 5.74) is 2.72. The van der Waals surface area contributed by atoms with Gasteiger partial charge in [-0.15, -0.1) is 0 Å². The Morgan fingerprint density at radius 2 is 2.32 bits per heavy atom. The summed E-state index contributed by atoms with van der Waals surface area (Å²) in [6.45, 7) is 3.58. The quantitative estimate of drug-likeness (QED) is 0.879. The van der Waals surface area contributed by atoms with Gasteiger partial charge in [0.15, 0.2) is 0 Å². The second kappa shape index (κ2) is 5.75. The van der Waals surface area contributed by atoms with Crippen molar-refractivity contribution in [2.45, 2.75) is 19.8 Å². The maximum Gasteiger partial charge on any atom is 0.224 e. The number of carbonyl (C=O) groups is 1. The topological polar surface area (TPSA) is 56.1 Å². The fourth-order valence-electron chi connectivity index (χ4n) is 2.63. The molecule has 1 atom stereocenters. The molecule has 1 unspecified atom stereocenters. The van der Waals surface area contributed by atoms with Crippen LogP contribution in [-0.4, -0.2) is 26.0 Å². The molecule has 0 bridgehead atoms. The van der Waals surface area contributed by atoms with E-state index in [2.05, 4.69) is 16.3 Å². The summed E-state index contributed by atoms with van der Waals surface area (Å²) in [4.78, 5) is 13.9. The van der Waals surface area contributed by atoms with Gasteiger partial charge < -0.3 is 10.2 Å². The molecule has 0 aromatic heterocycles. The molecule has 1 amide bonds. The van der Waals surface area contributed by atoms with E-state index in [1.807, 2.05) is 25.1 Å². The van der Waals surface area contributed by atoms with Crippen LogP contribution in [0, 0.1) is 24.2 Å². The molecule has 0 saturated carbocycles. The highest BCUT2D eigenvalue weighted by atomic mass is 16.1. The summed E-state index contributed by atoms with van der Waals surface area (Å²) in [6, 6.07) is 8.15. The molecule has 0 spiro atoms. The largest absolute Gasteiger partial charge is 0.370 e. The molecule has 1 heterocycles. The molecule has 2 rings (SSSR count). The molecule has 100 valence electrons. The van der Waals surface area contributed by atoms with Crippen molar-refractivity contribution in [3.05, 3.63) is 29.3 Å². The number of aryl methyl sites for hydroxylation is 1.